The number of carbonyl (C=O) groups is 2. The number of carbonyl (C=O) groups excluding carboxylic acids is 1. The van der Waals surface area contributed by atoms with Crippen molar-refractivity contribution in [1.82, 2.24) is 9.97 Å². The van der Waals surface area contributed by atoms with Crippen molar-refractivity contribution >= 4 is 40.2 Å². The Morgan fingerprint density at radius 2 is 1.66 bits per heavy atom. The van der Waals surface area contributed by atoms with Gasteiger partial charge in [-0.25, -0.2) is 4.98 Å². The fourth-order valence-electron chi connectivity index (χ4n) is 3.37. The molecule has 0 aliphatic carbocycles. The predicted molar refractivity (Wildman–Crippen MR) is 134 cm³/mol. The van der Waals surface area contributed by atoms with Gasteiger partial charge in [0.05, 0.1) is 6.42 Å². The van der Waals surface area contributed by atoms with Crippen molar-refractivity contribution < 1.29 is 19.2 Å². The molecule has 0 aliphatic heterocycles. The van der Waals surface area contributed by atoms with Gasteiger partial charge >= 0.3 is 5.97 Å². The lowest BCUT2D eigenvalue weighted by Crippen LogP contribution is -2.18. The third-order valence-corrected chi connectivity index (χ3v) is 6.80. The van der Waals surface area contributed by atoms with E-state index in [1.54, 1.807) is 73.1 Å². The first-order valence-corrected chi connectivity index (χ1v) is 11.9. The topological polar surface area (TPSA) is 127 Å². The zero-order valence-corrected chi connectivity index (χ0v) is 19.3. The number of hydrogen-bond acceptors (Lipinski definition) is 6. The largest absolute Gasteiger partial charge is 0.611 e. The maximum Gasteiger partial charge on any atom is 0.308 e. The summed E-state index contributed by atoms with van der Waals surface area (Å²) < 4.78 is 13.1. The van der Waals surface area contributed by atoms with Gasteiger partial charge in [-0.15, -0.1) is 0 Å². The Morgan fingerprint density at radius 1 is 0.914 bits per heavy atom. The minimum atomic E-state index is -1.61. The number of amides is 1. The lowest BCUT2D eigenvalue weighted by molar-refractivity contribution is -0.137. The summed E-state index contributed by atoms with van der Waals surface area (Å²) in [7, 11) is 0. The third-order valence-electron chi connectivity index (χ3n) is 5.10. The maximum absolute atomic E-state index is 13.1. The molecule has 2 unspecified atom stereocenters. The zero-order valence-electron chi connectivity index (χ0n) is 18.5. The SMILES string of the molecule is O=C(O)CC(c1cccnc1)[S+]([O-])c1ccc(NC(=O)c2ccc(Nc3ccccn3)cc2)cc1. The van der Waals surface area contributed by atoms with Crippen molar-refractivity contribution in [2.24, 2.45) is 0 Å². The molecule has 9 heteroatoms. The highest BCUT2D eigenvalue weighted by Crippen LogP contribution is 2.32. The highest BCUT2D eigenvalue weighted by Gasteiger charge is 2.29. The highest BCUT2D eigenvalue weighted by molar-refractivity contribution is 7.91. The molecule has 0 saturated heterocycles. The van der Waals surface area contributed by atoms with Gasteiger partial charge in [0.25, 0.3) is 5.91 Å². The first-order chi connectivity index (χ1) is 17.0. The van der Waals surface area contributed by atoms with Crippen LogP contribution in [0.25, 0.3) is 0 Å². The van der Waals surface area contributed by atoms with E-state index in [0.717, 1.165) is 5.69 Å². The second kappa shape index (κ2) is 11.3. The predicted octanol–water partition coefficient (Wildman–Crippen LogP) is 4.80. The van der Waals surface area contributed by atoms with Crippen LogP contribution in [0.4, 0.5) is 17.2 Å². The smallest absolute Gasteiger partial charge is 0.308 e. The Morgan fingerprint density at radius 3 is 2.29 bits per heavy atom. The summed E-state index contributed by atoms with van der Waals surface area (Å²) in [5.41, 5.74) is 2.40. The Balaban J connectivity index is 1.41. The van der Waals surface area contributed by atoms with Crippen molar-refractivity contribution in [3.8, 4) is 0 Å². The molecule has 2 atom stereocenters. The molecule has 0 saturated carbocycles. The molecule has 0 aliphatic rings. The number of carboxylic acid groups (broad SMARTS) is 1. The van der Waals surface area contributed by atoms with Gasteiger partial charge in [0.2, 0.25) is 0 Å². The first kappa shape index (κ1) is 23.9. The van der Waals surface area contributed by atoms with Crippen molar-refractivity contribution in [1.29, 1.82) is 0 Å². The molecule has 0 spiro atoms. The van der Waals surface area contributed by atoms with E-state index in [-0.39, 0.29) is 12.3 Å². The molecule has 4 aromatic rings. The number of carboxylic acids is 1. The quantitative estimate of drug-likeness (QED) is 0.290. The van der Waals surface area contributed by atoms with Crippen LogP contribution in [0.3, 0.4) is 0 Å². The van der Waals surface area contributed by atoms with Crippen LogP contribution in [-0.2, 0) is 16.0 Å². The van der Waals surface area contributed by atoms with Crippen LogP contribution in [0.1, 0.15) is 27.6 Å². The van der Waals surface area contributed by atoms with Crippen LogP contribution in [0.5, 0.6) is 0 Å². The van der Waals surface area contributed by atoms with Gasteiger partial charge in [0, 0.05) is 41.1 Å². The summed E-state index contributed by atoms with van der Waals surface area (Å²) >= 11 is -1.61. The Kier molecular flexibility index (Phi) is 7.71. The number of nitrogens with one attached hydrogen (secondary N) is 2. The summed E-state index contributed by atoms with van der Waals surface area (Å²) in [6.07, 6.45) is 4.50. The number of aliphatic carboxylic acids is 1. The van der Waals surface area contributed by atoms with E-state index in [1.165, 1.54) is 6.20 Å². The van der Waals surface area contributed by atoms with E-state index in [1.807, 2.05) is 18.2 Å². The van der Waals surface area contributed by atoms with Gasteiger partial charge in [-0.3, -0.25) is 14.6 Å². The minimum absolute atomic E-state index is 0.289. The molecule has 3 N–H and O–H groups in total. The van der Waals surface area contributed by atoms with Gasteiger partial charge < -0.3 is 20.3 Å². The van der Waals surface area contributed by atoms with Crippen molar-refractivity contribution in [3.63, 3.8) is 0 Å². The average Bonchev–Trinajstić information content (AvgIpc) is 2.89. The van der Waals surface area contributed by atoms with Crippen LogP contribution >= 0.6 is 0 Å². The molecule has 4 rings (SSSR count). The van der Waals surface area contributed by atoms with Crippen molar-refractivity contribution in [3.05, 3.63) is 109 Å². The average molecular weight is 487 g/mol. The molecule has 35 heavy (non-hydrogen) atoms. The fraction of sp³-hybridized carbons (Fsp3) is 0.0769. The van der Waals surface area contributed by atoms with Crippen molar-refractivity contribution in [2.45, 2.75) is 16.6 Å². The van der Waals surface area contributed by atoms with E-state index >= 15 is 0 Å². The van der Waals surface area contributed by atoms with Gasteiger partial charge in [-0.1, -0.05) is 12.1 Å². The fourth-order valence-corrected chi connectivity index (χ4v) is 4.79. The molecule has 2 aromatic carbocycles. The second-order valence-corrected chi connectivity index (χ2v) is 9.20. The lowest BCUT2D eigenvalue weighted by Gasteiger charge is -2.20. The van der Waals surface area contributed by atoms with E-state index in [0.29, 0.717) is 27.5 Å². The van der Waals surface area contributed by atoms with E-state index in [2.05, 4.69) is 20.6 Å². The Bertz CT molecular complexity index is 1270. The number of aromatic nitrogens is 2. The van der Waals surface area contributed by atoms with Crippen LogP contribution in [0, 0.1) is 0 Å². The third kappa shape index (κ3) is 6.44. The molecule has 176 valence electrons. The Hall–Kier alpha value is -4.21. The highest BCUT2D eigenvalue weighted by atomic mass is 32.2. The molecule has 2 aromatic heterocycles. The van der Waals surface area contributed by atoms with Crippen LogP contribution in [0.2, 0.25) is 0 Å². The molecular weight excluding hydrogens is 464 g/mol. The lowest BCUT2D eigenvalue weighted by atomic mass is 10.1. The summed E-state index contributed by atoms with van der Waals surface area (Å²) in [4.78, 5) is 32.6. The van der Waals surface area contributed by atoms with E-state index in [9.17, 15) is 19.2 Å². The van der Waals surface area contributed by atoms with Gasteiger partial charge in [0.1, 0.15) is 5.82 Å². The molecular formula is C26H22N4O4S. The van der Waals surface area contributed by atoms with Gasteiger partial charge in [0.15, 0.2) is 10.1 Å². The van der Waals surface area contributed by atoms with Crippen molar-refractivity contribution in [2.75, 3.05) is 10.6 Å². The number of pyridine rings is 2. The van der Waals surface area contributed by atoms with Crippen LogP contribution in [-0.4, -0.2) is 31.5 Å². The number of benzene rings is 2. The summed E-state index contributed by atoms with van der Waals surface area (Å²) in [5, 5.41) is 14.5. The van der Waals surface area contributed by atoms with Crippen LogP contribution < -0.4 is 10.6 Å². The molecule has 8 nitrogen and oxygen atoms in total. The van der Waals surface area contributed by atoms with Crippen LogP contribution in [0.15, 0.2) is 102 Å². The number of nitrogens with zero attached hydrogens (tertiary/aromatic N) is 2. The number of anilines is 3. The molecule has 0 fully saturated rings. The number of rotatable bonds is 9. The molecule has 2 heterocycles. The monoisotopic (exact) mass is 486 g/mol. The Labute approximate surface area is 205 Å². The second-order valence-electron chi connectivity index (χ2n) is 7.57. The first-order valence-electron chi connectivity index (χ1n) is 10.7. The minimum Gasteiger partial charge on any atom is -0.611 e. The zero-order chi connectivity index (χ0) is 24.6. The molecule has 0 radical (unpaired) electrons. The summed E-state index contributed by atoms with van der Waals surface area (Å²) in [5.74, 6) is -0.629. The maximum atomic E-state index is 13.1. The number of hydrogen-bond donors (Lipinski definition) is 3. The summed E-state index contributed by atoms with van der Waals surface area (Å²) in [6.45, 7) is 0. The molecule has 1 amide bonds. The van der Waals surface area contributed by atoms with E-state index < -0.39 is 22.4 Å². The molecule has 0 bridgehead atoms. The van der Waals surface area contributed by atoms with Gasteiger partial charge in [-0.05, 0) is 77.9 Å². The van der Waals surface area contributed by atoms with E-state index in [4.69, 9.17) is 0 Å². The standard InChI is InChI=1S/C26H22N4O4S/c31-25(32)16-23(19-4-3-14-27-17-19)35(34)22-12-10-21(11-13-22)30-26(33)18-6-8-20(9-7-18)29-24-5-1-2-15-28-24/h1-15,17,23H,16H2,(H,28,29)(H,30,33)(H,31,32). The normalized spacial score (nSPS) is 12.4. The summed E-state index contributed by atoms with van der Waals surface area (Å²) in [6, 6.07) is 22.5. The van der Waals surface area contributed by atoms with Gasteiger partial charge in [-0.2, -0.15) is 0 Å².